The molecule has 0 heterocycles. The summed E-state index contributed by atoms with van der Waals surface area (Å²) in [7, 11) is 0. The molecular weight excluding hydrogens is 274 g/mol. The third-order valence-electron chi connectivity index (χ3n) is 3.68. The lowest BCUT2D eigenvalue weighted by atomic mass is 10.1. The molecule has 2 aromatic carbocycles. The molecule has 0 spiro atoms. The minimum atomic E-state index is -0.493. The lowest BCUT2D eigenvalue weighted by molar-refractivity contribution is -0.122. The Morgan fingerprint density at radius 3 is 2.36 bits per heavy atom. The van der Waals surface area contributed by atoms with Gasteiger partial charge in [-0.15, -0.1) is 0 Å². The highest BCUT2D eigenvalue weighted by Crippen LogP contribution is 2.18. The average Bonchev–Trinajstić information content (AvgIpc) is 2.55. The smallest absolute Gasteiger partial charge is 0.265 e. The van der Waals surface area contributed by atoms with Crippen molar-refractivity contribution in [3.63, 3.8) is 0 Å². The number of amides is 1. The number of nitrogens with one attached hydrogen (secondary N) is 1. The van der Waals surface area contributed by atoms with Gasteiger partial charge in [0.25, 0.3) is 5.91 Å². The maximum Gasteiger partial charge on any atom is 0.265 e. The van der Waals surface area contributed by atoms with E-state index in [0.717, 1.165) is 23.4 Å². The zero-order valence-electron chi connectivity index (χ0n) is 13.4. The second-order valence-corrected chi connectivity index (χ2v) is 5.32. The lowest BCUT2D eigenvalue weighted by Crippen LogP contribution is -2.32. The van der Waals surface area contributed by atoms with E-state index in [1.807, 2.05) is 62.4 Å². The van der Waals surface area contributed by atoms with Gasteiger partial charge in [0, 0.05) is 5.69 Å². The van der Waals surface area contributed by atoms with Gasteiger partial charge in [0.2, 0.25) is 0 Å². The number of carbonyl (C=O) groups excluding carboxylic acids is 1. The largest absolute Gasteiger partial charge is 0.481 e. The van der Waals surface area contributed by atoms with Gasteiger partial charge in [-0.2, -0.15) is 0 Å². The van der Waals surface area contributed by atoms with Crippen LogP contribution >= 0.6 is 0 Å². The van der Waals surface area contributed by atoms with Crippen LogP contribution in [0.15, 0.2) is 48.5 Å². The number of para-hydroxylation sites is 1. The summed E-state index contributed by atoms with van der Waals surface area (Å²) in [5, 5.41) is 2.94. The SMILES string of the molecule is CCc1ccc(OC(CC)C(=O)Nc2ccccc2C)cc1. The highest BCUT2D eigenvalue weighted by atomic mass is 16.5. The molecule has 0 radical (unpaired) electrons. The van der Waals surface area contributed by atoms with Gasteiger partial charge in [0.1, 0.15) is 5.75 Å². The zero-order valence-corrected chi connectivity index (χ0v) is 13.4. The first-order valence-corrected chi connectivity index (χ1v) is 7.76. The molecule has 0 aliphatic rings. The van der Waals surface area contributed by atoms with Gasteiger partial charge < -0.3 is 10.1 Å². The van der Waals surface area contributed by atoms with E-state index in [0.29, 0.717) is 6.42 Å². The fourth-order valence-electron chi connectivity index (χ4n) is 2.22. The third kappa shape index (κ3) is 4.10. The molecule has 3 heteroatoms. The van der Waals surface area contributed by atoms with Crippen molar-refractivity contribution in [1.82, 2.24) is 0 Å². The number of aryl methyl sites for hydroxylation is 2. The van der Waals surface area contributed by atoms with Crippen LogP contribution in [0.4, 0.5) is 5.69 Å². The molecule has 1 unspecified atom stereocenters. The molecule has 0 aromatic heterocycles. The van der Waals surface area contributed by atoms with Crippen LogP contribution in [-0.4, -0.2) is 12.0 Å². The van der Waals surface area contributed by atoms with Crippen LogP contribution in [0.3, 0.4) is 0 Å². The molecule has 0 saturated heterocycles. The van der Waals surface area contributed by atoms with Gasteiger partial charge in [-0.3, -0.25) is 4.79 Å². The number of ether oxygens (including phenoxy) is 1. The first kappa shape index (κ1) is 16.1. The number of anilines is 1. The topological polar surface area (TPSA) is 38.3 Å². The Kier molecular flexibility index (Phi) is 5.59. The van der Waals surface area contributed by atoms with Crippen LogP contribution < -0.4 is 10.1 Å². The first-order valence-electron chi connectivity index (χ1n) is 7.76. The van der Waals surface area contributed by atoms with Crippen molar-refractivity contribution >= 4 is 11.6 Å². The average molecular weight is 297 g/mol. The summed E-state index contributed by atoms with van der Waals surface area (Å²) in [5.41, 5.74) is 3.12. The standard InChI is InChI=1S/C19H23NO2/c1-4-15-10-12-16(13-11-15)22-18(5-2)19(21)20-17-9-7-6-8-14(17)3/h6-13,18H,4-5H2,1-3H3,(H,20,21). The van der Waals surface area contributed by atoms with Crippen LogP contribution in [0, 0.1) is 6.92 Å². The molecule has 22 heavy (non-hydrogen) atoms. The van der Waals surface area contributed by atoms with Crippen LogP contribution in [0.1, 0.15) is 31.4 Å². The summed E-state index contributed by atoms with van der Waals surface area (Å²) in [6, 6.07) is 15.6. The van der Waals surface area contributed by atoms with E-state index in [4.69, 9.17) is 4.74 Å². The predicted molar refractivity (Wildman–Crippen MR) is 90.3 cm³/mol. The second-order valence-electron chi connectivity index (χ2n) is 5.32. The van der Waals surface area contributed by atoms with Crippen molar-refractivity contribution in [3.8, 4) is 5.75 Å². The van der Waals surface area contributed by atoms with E-state index in [2.05, 4.69) is 12.2 Å². The molecule has 2 rings (SSSR count). The molecule has 0 saturated carbocycles. The second kappa shape index (κ2) is 7.64. The van der Waals surface area contributed by atoms with Crippen LogP contribution in [0.5, 0.6) is 5.75 Å². The number of benzene rings is 2. The Balaban J connectivity index is 2.03. The molecule has 3 nitrogen and oxygen atoms in total. The zero-order chi connectivity index (χ0) is 15.9. The quantitative estimate of drug-likeness (QED) is 0.860. The summed E-state index contributed by atoms with van der Waals surface area (Å²) in [6.45, 7) is 6.03. The minimum Gasteiger partial charge on any atom is -0.481 e. The van der Waals surface area contributed by atoms with Crippen LogP contribution in [-0.2, 0) is 11.2 Å². The molecule has 0 aliphatic heterocycles. The minimum absolute atomic E-state index is 0.114. The Hall–Kier alpha value is -2.29. The molecule has 0 aliphatic carbocycles. The maximum absolute atomic E-state index is 12.4. The summed E-state index contributed by atoms with van der Waals surface area (Å²) < 4.78 is 5.82. The third-order valence-corrected chi connectivity index (χ3v) is 3.68. The van der Waals surface area contributed by atoms with Crippen molar-refractivity contribution in [2.45, 2.75) is 39.7 Å². The number of carbonyl (C=O) groups is 1. The van der Waals surface area contributed by atoms with E-state index in [9.17, 15) is 4.79 Å². The Morgan fingerprint density at radius 2 is 1.77 bits per heavy atom. The van der Waals surface area contributed by atoms with Gasteiger partial charge in [-0.25, -0.2) is 0 Å². The number of hydrogen-bond acceptors (Lipinski definition) is 2. The number of hydrogen-bond donors (Lipinski definition) is 1. The molecule has 1 amide bonds. The summed E-state index contributed by atoms with van der Waals surface area (Å²) >= 11 is 0. The van der Waals surface area contributed by atoms with Crippen LogP contribution in [0.25, 0.3) is 0 Å². The Morgan fingerprint density at radius 1 is 1.09 bits per heavy atom. The van der Waals surface area contributed by atoms with Crippen LogP contribution in [0.2, 0.25) is 0 Å². The molecule has 116 valence electrons. The van der Waals surface area contributed by atoms with Gasteiger partial charge in [0.15, 0.2) is 6.10 Å². The fraction of sp³-hybridized carbons (Fsp3) is 0.316. The Labute approximate surface area is 132 Å². The molecule has 1 N–H and O–H groups in total. The predicted octanol–water partition coefficient (Wildman–Crippen LogP) is 4.35. The Bertz CT molecular complexity index is 620. The molecular formula is C19H23NO2. The van der Waals surface area contributed by atoms with Crippen molar-refractivity contribution in [2.24, 2.45) is 0 Å². The van der Waals surface area contributed by atoms with E-state index < -0.39 is 6.10 Å². The summed E-state index contributed by atoms with van der Waals surface area (Å²) in [5.74, 6) is 0.611. The van der Waals surface area contributed by atoms with Crippen molar-refractivity contribution in [1.29, 1.82) is 0 Å². The number of rotatable bonds is 6. The molecule has 1 atom stereocenters. The normalized spacial score (nSPS) is 11.8. The van der Waals surface area contributed by atoms with E-state index in [1.54, 1.807) is 0 Å². The highest BCUT2D eigenvalue weighted by Gasteiger charge is 2.19. The first-order chi connectivity index (χ1) is 10.6. The van der Waals surface area contributed by atoms with Gasteiger partial charge in [0.05, 0.1) is 0 Å². The van der Waals surface area contributed by atoms with E-state index in [-0.39, 0.29) is 5.91 Å². The van der Waals surface area contributed by atoms with Crippen molar-refractivity contribution < 1.29 is 9.53 Å². The summed E-state index contributed by atoms with van der Waals surface area (Å²) in [6.07, 6.45) is 1.12. The summed E-state index contributed by atoms with van der Waals surface area (Å²) in [4.78, 5) is 12.4. The maximum atomic E-state index is 12.4. The van der Waals surface area contributed by atoms with Gasteiger partial charge in [-0.1, -0.05) is 44.2 Å². The molecule has 0 bridgehead atoms. The molecule has 2 aromatic rings. The molecule has 0 fully saturated rings. The van der Waals surface area contributed by atoms with Gasteiger partial charge in [-0.05, 0) is 49.1 Å². The van der Waals surface area contributed by atoms with E-state index >= 15 is 0 Å². The fourth-order valence-corrected chi connectivity index (χ4v) is 2.22. The van der Waals surface area contributed by atoms with E-state index in [1.165, 1.54) is 5.56 Å². The van der Waals surface area contributed by atoms with Gasteiger partial charge >= 0.3 is 0 Å². The monoisotopic (exact) mass is 297 g/mol. The van der Waals surface area contributed by atoms with Crippen molar-refractivity contribution in [2.75, 3.05) is 5.32 Å². The van der Waals surface area contributed by atoms with Crippen molar-refractivity contribution in [3.05, 3.63) is 59.7 Å². The lowest BCUT2D eigenvalue weighted by Gasteiger charge is -2.18. The highest BCUT2D eigenvalue weighted by molar-refractivity contribution is 5.94.